The van der Waals surface area contributed by atoms with Gasteiger partial charge in [-0.2, -0.15) is 0 Å². The molecule has 9 heteroatoms. The highest BCUT2D eigenvalue weighted by molar-refractivity contribution is 5.99. The van der Waals surface area contributed by atoms with Gasteiger partial charge in [0.2, 0.25) is 17.7 Å². The Morgan fingerprint density at radius 1 is 0.821 bits per heavy atom. The Morgan fingerprint density at radius 3 is 2.13 bits per heavy atom. The normalized spacial score (nSPS) is 17.4. The van der Waals surface area contributed by atoms with Crippen molar-refractivity contribution in [2.24, 2.45) is 0 Å². The van der Waals surface area contributed by atoms with Crippen molar-refractivity contribution in [3.63, 3.8) is 0 Å². The third kappa shape index (κ3) is 7.91. The van der Waals surface area contributed by atoms with Gasteiger partial charge >= 0.3 is 5.97 Å². The number of ether oxygens (including phenoxy) is 2. The van der Waals surface area contributed by atoms with E-state index in [-0.39, 0.29) is 18.7 Å². The Bertz CT molecular complexity index is 1300. The molecule has 1 saturated heterocycles. The summed E-state index contributed by atoms with van der Waals surface area (Å²) in [6, 6.07) is 23.5. The molecule has 1 aliphatic rings. The lowest BCUT2D eigenvalue weighted by Crippen LogP contribution is -2.63. The standard InChI is InChI=1S/C30H31N3O6/c1-38-30(37)26(17-22-13-8-14-23(15-22)39-19-21-11-6-3-7-12-21)31-27(34)18-25-29(36)32-24(28(35)33-25)16-20-9-4-2-5-10-20/h2-15,24-26H,16-19H2,1H3,(H,31,34)(H,32,36)(H,33,35)/t24-,25-,26+/m0/s1. The molecule has 3 N–H and O–H groups in total. The first kappa shape index (κ1) is 27.4. The van der Waals surface area contributed by atoms with Crippen molar-refractivity contribution in [3.05, 3.63) is 102 Å². The summed E-state index contributed by atoms with van der Waals surface area (Å²) in [6.07, 6.45) is 0.183. The lowest BCUT2D eigenvalue weighted by atomic mass is 10.0. The second-order valence-corrected chi connectivity index (χ2v) is 9.29. The van der Waals surface area contributed by atoms with Crippen molar-refractivity contribution in [1.82, 2.24) is 16.0 Å². The molecule has 3 atom stereocenters. The van der Waals surface area contributed by atoms with Crippen molar-refractivity contribution in [3.8, 4) is 5.75 Å². The molecule has 3 aromatic carbocycles. The number of hydrogen-bond donors (Lipinski definition) is 3. The minimum Gasteiger partial charge on any atom is -0.489 e. The summed E-state index contributed by atoms with van der Waals surface area (Å²) in [5.74, 6) is -1.39. The fraction of sp³-hybridized carbons (Fsp3) is 0.267. The molecule has 4 rings (SSSR count). The van der Waals surface area contributed by atoms with Crippen LogP contribution in [-0.4, -0.2) is 48.9 Å². The molecule has 1 aliphatic heterocycles. The summed E-state index contributed by atoms with van der Waals surface area (Å²) in [5.41, 5.74) is 2.68. The molecule has 39 heavy (non-hydrogen) atoms. The van der Waals surface area contributed by atoms with Gasteiger partial charge in [-0.1, -0.05) is 72.8 Å². The first-order valence-corrected chi connectivity index (χ1v) is 12.7. The van der Waals surface area contributed by atoms with E-state index in [2.05, 4.69) is 16.0 Å². The van der Waals surface area contributed by atoms with E-state index in [1.165, 1.54) is 7.11 Å². The highest BCUT2D eigenvalue weighted by atomic mass is 16.5. The van der Waals surface area contributed by atoms with E-state index in [1.54, 1.807) is 12.1 Å². The maximum atomic E-state index is 12.8. The van der Waals surface area contributed by atoms with Gasteiger partial charge in [-0.3, -0.25) is 14.4 Å². The number of carbonyl (C=O) groups excluding carboxylic acids is 4. The maximum absolute atomic E-state index is 12.8. The molecule has 0 spiro atoms. The van der Waals surface area contributed by atoms with Crippen LogP contribution < -0.4 is 20.7 Å². The molecule has 3 aromatic rings. The van der Waals surface area contributed by atoms with Crippen LogP contribution in [0, 0.1) is 0 Å². The second-order valence-electron chi connectivity index (χ2n) is 9.29. The van der Waals surface area contributed by atoms with Crippen LogP contribution in [0.5, 0.6) is 5.75 Å². The molecule has 3 amide bonds. The Hall–Kier alpha value is -4.66. The summed E-state index contributed by atoms with van der Waals surface area (Å²) in [7, 11) is 1.24. The van der Waals surface area contributed by atoms with Gasteiger partial charge in [0.05, 0.1) is 13.5 Å². The molecular formula is C30H31N3O6. The predicted molar refractivity (Wildman–Crippen MR) is 143 cm³/mol. The van der Waals surface area contributed by atoms with E-state index >= 15 is 0 Å². The maximum Gasteiger partial charge on any atom is 0.328 e. The number of nitrogens with one attached hydrogen (secondary N) is 3. The van der Waals surface area contributed by atoms with E-state index in [4.69, 9.17) is 9.47 Å². The van der Waals surface area contributed by atoms with Gasteiger partial charge in [-0.25, -0.2) is 4.79 Å². The molecule has 0 radical (unpaired) electrons. The van der Waals surface area contributed by atoms with Crippen molar-refractivity contribution in [1.29, 1.82) is 0 Å². The molecular weight excluding hydrogens is 498 g/mol. The zero-order chi connectivity index (χ0) is 27.6. The lowest BCUT2D eigenvalue weighted by Gasteiger charge is -2.29. The average Bonchev–Trinajstić information content (AvgIpc) is 2.95. The molecule has 1 heterocycles. The Kier molecular flexibility index (Phi) is 9.29. The number of piperazine rings is 1. The Labute approximate surface area is 226 Å². The average molecular weight is 530 g/mol. The lowest BCUT2D eigenvalue weighted by molar-refractivity contribution is -0.145. The van der Waals surface area contributed by atoms with Crippen LogP contribution in [0.15, 0.2) is 84.9 Å². The molecule has 0 bridgehead atoms. The van der Waals surface area contributed by atoms with Crippen molar-refractivity contribution >= 4 is 23.7 Å². The molecule has 0 aliphatic carbocycles. The van der Waals surface area contributed by atoms with Gasteiger partial charge in [0, 0.05) is 12.8 Å². The minimum absolute atomic E-state index is 0.156. The summed E-state index contributed by atoms with van der Waals surface area (Å²) in [5, 5.41) is 7.96. The van der Waals surface area contributed by atoms with Gasteiger partial charge in [0.1, 0.15) is 30.5 Å². The third-order valence-corrected chi connectivity index (χ3v) is 6.35. The molecule has 1 fully saturated rings. The second kappa shape index (κ2) is 13.2. The number of methoxy groups -OCH3 is 1. The number of benzene rings is 3. The quantitative estimate of drug-likeness (QED) is 0.327. The predicted octanol–water partition coefficient (Wildman–Crippen LogP) is 2.08. The Morgan fingerprint density at radius 2 is 1.44 bits per heavy atom. The molecule has 0 unspecified atom stereocenters. The highest BCUT2D eigenvalue weighted by Crippen LogP contribution is 2.17. The van der Waals surface area contributed by atoms with E-state index in [9.17, 15) is 19.2 Å². The fourth-order valence-corrected chi connectivity index (χ4v) is 4.33. The SMILES string of the molecule is COC(=O)[C@@H](Cc1cccc(OCc2ccccc2)c1)NC(=O)C[C@@H]1NC(=O)[C@H](Cc2ccccc2)NC1=O. The number of hydrogen-bond acceptors (Lipinski definition) is 6. The number of rotatable bonds is 11. The van der Waals surface area contributed by atoms with Gasteiger partial charge in [-0.15, -0.1) is 0 Å². The van der Waals surface area contributed by atoms with Crippen LogP contribution in [0.3, 0.4) is 0 Å². The zero-order valence-corrected chi connectivity index (χ0v) is 21.6. The number of esters is 1. The summed E-state index contributed by atoms with van der Waals surface area (Å²) in [6.45, 7) is 0.392. The number of amides is 3. The van der Waals surface area contributed by atoms with Crippen LogP contribution in [0.1, 0.15) is 23.1 Å². The van der Waals surface area contributed by atoms with Gasteiger partial charge in [0.15, 0.2) is 0 Å². The van der Waals surface area contributed by atoms with E-state index in [0.29, 0.717) is 18.8 Å². The van der Waals surface area contributed by atoms with E-state index in [0.717, 1.165) is 16.7 Å². The minimum atomic E-state index is -1.04. The highest BCUT2D eigenvalue weighted by Gasteiger charge is 2.35. The Balaban J connectivity index is 1.33. The molecule has 202 valence electrons. The number of carbonyl (C=O) groups is 4. The van der Waals surface area contributed by atoms with Crippen LogP contribution in [0.25, 0.3) is 0 Å². The van der Waals surface area contributed by atoms with Crippen LogP contribution in [0.2, 0.25) is 0 Å². The van der Waals surface area contributed by atoms with Crippen LogP contribution in [-0.2, 0) is 43.4 Å². The smallest absolute Gasteiger partial charge is 0.328 e. The van der Waals surface area contributed by atoms with Gasteiger partial charge in [0.25, 0.3) is 0 Å². The fourth-order valence-electron chi connectivity index (χ4n) is 4.33. The molecule has 0 aromatic heterocycles. The monoisotopic (exact) mass is 529 g/mol. The third-order valence-electron chi connectivity index (χ3n) is 6.35. The first-order valence-electron chi connectivity index (χ1n) is 12.7. The summed E-state index contributed by atoms with van der Waals surface area (Å²) >= 11 is 0. The topological polar surface area (TPSA) is 123 Å². The van der Waals surface area contributed by atoms with Crippen LogP contribution >= 0.6 is 0 Å². The zero-order valence-electron chi connectivity index (χ0n) is 21.6. The van der Waals surface area contributed by atoms with Gasteiger partial charge < -0.3 is 25.4 Å². The van der Waals surface area contributed by atoms with Crippen molar-refractivity contribution in [2.75, 3.05) is 7.11 Å². The van der Waals surface area contributed by atoms with E-state index in [1.807, 2.05) is 72.8 Å². The summed E-state index contributed by atoms with van der Waals surface area (Å²) < 4.78 is 10.7. The summed E-state index contributed by atoms with van der Waals surface area (Å²) in [4.78, 5) is 50.5. The van der Waals surface area contributed by atoms with Crippen LogP contribution in [0.4, 0.5) is 0 Å². The van der Waals surface area contributed by atoms with Gasteiger partial charge in [-0.05, 0) is 28.8 Å². The van der Waals surface area contributed by atoms with Crippen molar-refractivity contribution in [2.45, 2.75) is 44.0 Å². The largest absolute Gasteiger partial charge is 0.489 e. The molecule has 9 nitrogen and oxygen atoms in total. The van der Waals surface area contributed by atoms with E-state index < -0.39 is 35.9 Å². The molecule has 0 saturated carbocycles. The first-order chi connectivity index (χ1) is 18.9. The van der Waals surface area contributed by atoms with Crippen molar-refractivity contribution < 1.29 is 28.7 Å².